The number of carbonyl (C=O) groups is 1. The molecule has 166 valence electrons. The monoisotopic (exact) mass is 522 g/mol. The molecule has 0 aliphatic carbocycles. The Morgan fingerprint density at radius 3 is 2.48 bits per heavy atom. The van der Waals surface area contributed by atoms with Crippen molar-refractivity contribution in [3.05, 3.63) is 93.8 Å². The van der Waals surface area contributed by atoms with Gasteiger partial charge < -0.3 is 19.9 Å². The molecular weight excluding hydrogens is 504 g/mol. The average molecular weight is 523 g/mol. The molecule has 6 nitrogen and oxygen atoms in total. The Morgan fingerprint density at radius 2 is 1.82 bits per heavy atom. The van der Waals surface area contributed by atoms with Gasteiger partial charge in [-0.15, -0.1) is 11.8 Å². The van der Waals surface area contributed by atoms with Gasteiger partial charge in [-0.25, -0.2) is 4.79 Å². The van der Waals surface area contributed by atoms with Crippen LogP contribution in [0.15, 0.2) is 87.6 Å². The quantitative estimate of drug-likeness (QED) is 0.264. The summed E-state index contributed by atoms with van der Waals surface area (Å²) in [6, 6.07) is 22.3. The minimum atomic E-state index is -0.556. The highest BCUT2D eigenvalue weighted by molar-refractivity contribution is 9.10. The maximum Gasteiger partial charge on any atom is 0.349 e. The molecule has 33 heavy (non-hydrogen) atoms. The summed E-state index contributed by atoms with van der Waals surface area (Å²) >= 11 is 4.99. The molecule has 0 fully saturated rings. The van der Waals surface area contributed by atoms with Crippen LogP contribution in [0.1, 0.15) is 17.0 Å². The molecule has 1 aliphatic heterocycles. The van der Waals surface area contributed by atoms with Crippen LogP contribution >= 0.6 is 27.7 Å². The van der Waals surface area contributed by atoms with Crippen molar-refractivity contribution in [3.8, 4) is 23.3 Å². The predicted molar refractivity (Wildman–Crippen MR) is 129 cm³/mol. The molecule has 0 bridgehead atoms. The van der Waals surface area contributed by atoms with Gasteiger partial charge in [0.1, 0.15) is 28.9 Å². The first kappa shape index (κ1) is 22.8. The maximum absolute atomic E-state index is 12.3. The summed E-state index contributed by atoms with van der Waals surface area (Å²) < 4.78 is 17.5. The van der Waals surface area contributed by atoms with Gasteiger partial charge in [0.05, 0.1) is 5.92 Å². The molecule has 0 saturated heterocycles. The van der Waals surface area contributed by atoms with Crippen molar-refractivity contribution < 1.29 is 19.0 Å². The number of nitriles is 1. The van der Waals surface area contributed by atoms with E-state index in [1.54, 1.807) is 42.1 Å². The molecule has 1 unspecified atom stereocenters. The highest BCUT2D eigenvalue weighted by atomic mass is 79.9. The molecule has 0 saturated carbocycles. The lowest BCUT2D eigenvalue weighted by atomic mass is 9.83. The number of nitrogens with two attached hydrogens (primary N) is 1. The third-order valence-corrected chi connectivity index (χ3v) is 6.31. The van der Waals surface area contributed by atoms with E-state index in [1.807, 2.05) is 42.7 Å². The summed E-state index contributed by atoms with van der Waals surface area (Å²) in [6.07, 6.45) is 2.00. The minimum Gasteiger partial charge on any atom is -0.482 e. The summed E-state index contributed by atoms with van der Waals surface area (Å²) in [5.74, 6) is 0.388. The molecule has 8 heteroatoms. The van der Waals surface area contributed by atoms with Crippen LogP contribution in [0, 0.1) is 11.3 Å². The number of ether oxygens (including phenoxy) is 3. The zero-order chi connectivity index (χ0) is 23.4. The zero-order valence-corrected chi connectivity index (χ0v) is 20.0. The van der Waals surface area contributed by atoms with E-state index in [9.17, 15) is 10.1 Å². The standard InChI is InChI=1S/C25H19BrN2O4S/c1-33-19-9-2-15(3-10-19)24-20-11-8-18(12-22(20)32-25(28)21(24)13-27)31-23(29)14-30-17-6-4-16(26)5-7-17/h2-12,24H,14,28H2,1H3. The van der Waals surface area contributed by atoms with Gasteiger partial charge in [0.25, 0.3) is 0 Å². The largest absolute Gasteiger partial charge is 0.482 e. The number of rotatable bonds is 6. The normalized spacial score (nSPS) is 14.6. The molecule has 1 heterocycles. The van der Waals surface area contributed by atoms with Gasteiger partial charge in [-0.2, -0.15) is 5.26 Å². The Morgan fingerprint density at radius 1 is 1.12 bits per heavy atom. The first-order valence-corrected chi connectivity index (χ1v) is 11.9. The predicted octanol–water partition coefficient (Wildman–Crippen LogP) is 5.37. The van der Waals surface area contributed by atoms with Crippen molar-refractivity contribution in [2.24, 2.45) is 5.73 Å². The van der Waals surface area contributed by atoms with E-state index in [1.165, 1.54) is 0 Å². The van der Waals surface area contributed by atoms with E-state index in [2.05, 4.69) is 22.0 Å². The van der Waals surface area contributed by atoms with Crippen LogP contribution in [0.3, 0.4) is 0 Å². The Bertz CT molecular complexity index is 1250. The molecule has 0 spiro atoms. The summed E-state index contributed by atoms with van der Waals surface area (Å²) in [6.45, 7) is -0.245. The van der Waals surface area contributed by atoms with Gasteiger partial charge >= 0.3 is 5.97 Å². The maximum atomic E-state index is 12.3. The number of esters is 1. The third kappa shape index (κ3) is 5.16. The number of carbonyl (C=O) groups excluding carboxylic acids is 1. The molecule has 1 aliphatic rings. The van der Waals surface area contributed by atoms with Crippen LogP contribution in [-0.2, 0) is 4.79 Å². The lowest BCUT2D eigenvalue weighted by Gasteiger charge is -2.26. The van der Waals surface area contributed by atoms with Crippen LogP contribution in [0.4, 0.5) is 0 Å². The summed E-state index contributed by atoms with van der Waals surface area (Å²) in [5, 5.41) is 9.70. The van der Waals surface area contributed by atoms with Crippen LogP contribution < -0.4 is 19.9 Å². The van der Waals surface area contributed by atoms with Crippen molar-refractivity contribution in [1.29, 1.82) is 5.26 Å². The summed E-state index contributed by atoms with van der Waals surface area (Å²) in [5.41, 5.74) is 8.09. The molecule has 3 aromatic rings. The van der Waals surface area contributed by atoms with E-state index >= 15 is 0 Å². The highest BCUT2D eigenvalue weighted by Crippen LogP contribution is 2.43. The van der Waals surface area contributed by atoms with Crippen molar-refractivity contribution in [2.45, 2.75) is 10.8 Å². The Labute approximate surface area is 204 Å². The fourth-order valence-electron chi connectivity index (χ4n) is 3.47. The molecule has 0 radical (unpaired) electrons. The lowest BCUT2D eigenvalue weighted by molar-refractivity contribution is -0.136. The number of hydrogen-bond acceptors (Lipinski definition) is 7. The van der Waals surface area contributed by atoms with Gasteiger partial charge in [0.15, 0.2) is 6.61 Å². The number of nitrogens with zero attached hydrogens (tertiary/aromatic N) is 1. The number of allylic oxidation sites excluding steroid dienone is 1. The first-order chi connectivity index (χ1) is 16.0. The Balaban J connectivity index is 1.53. The fourth-order valence-corrected chi connectivity index (χ4v) is 4.15. The summed E-state index contributed by atoms with van der Waals surface area (Å²) in [4.78, 5) is 13.4. The van der Waals surface area contributed by atoms with Crippen molar-refractivity contribution in [3.63, 3.8) is 0 Å². The molecule has 4 rings (SSSR count). The second kappa shape index (κ2) is 10.0. The SMILES string of the molecule is CSc1ccc(C2C(C#N)=C(N)Oc3cc(OC(=O)COc4ccc(Br)cc4)ccc32)cc1. The smallest absolute Gasteiger partial charge is 0.349 e. The van der Waals surface area contributed by atoms with Gasteiger partial charge in [-0.1, -0.05) is 34.1 Å². The van der Waals surface area contributed by atoms with Gasteiger partial charge in [-0.3, -0.25) is 0 Å². The van der Waals surface area contributed by atoms with Crippen molar-refractivity contribution >= 4 is 33.7 Å². The van der Waals surface area contributed by atoms with Crippen LogP contribution in [-0.4, -0.2) is 18.8 Å². The van der Waals surface area contributed by atoms with Crippen LogP contribution in [0.25, 0.3) is 0 Å². The minimum absolute atomic E-state index is 0.0333. The molecule has 0 amide bonds. The zero-order valence-electron chi connectivity index (χ0n) is 17.6. The van der Waals surface area contributed by atoms with Gasteiger partial charge in [0, 0.05) is 21.0 Å². The molecule has 2 N–H and O–H groups in total. The first-order valence-electron chi connectivity index (χ1n) is 9.93. The number of hydrogen-bond donors (Lipinski definition) is 1. The van der Waals surface area contributed by atoms with E-state index in [-0.39, 0.29) is 18.4 Å². The lowest BCUT2D eigenvalue weighted by Crippen LogP contribution is -2.21. The second-order valence-corrected chi connectivity index (χ2v) is 8.91. The van der Waals surface area contributed by atoms with E-state index in [0.29, 0.717) is 22.8 Å². The number of thioether (sulfide) groups is 1. The van der Waals surface area contributed by atoms with Crippen LogP contribution in [0.2, 0.25) is 0 Å². The van der Waals surface area contributed by atoms with Gasteiger partial charge in [0.2, 0.25) is 5.88 Å². The molecular formula is C25H19BrN2O4S. The third-order valence-electron chi connectivity index (χ3n) is 5.04. The van der Waals surface area contributed by atoms with E-state index in [4.69, 9.17) is 19.9 Å². The molecule has 0 aromatic heterocycles. The van der Waals surface area contributed by atoms with E-state index in [0.717, 1.165) is 20.5 Å². The fraction of sp³-hybridized carbons (Fsp3) is 0.120. The number of benzene rings is 3. The Kier molecular flexibility index (Phi) is 6.92. The Hall–Kier alpha value is -3.41. The second-order valence-electron chi connectivity index (χ2n) is 7.11. The van der Waals surface area contributed by atoms with E-state index < -0.39 is 5.97 Å². The molecule has 3 aromatic carbocycles. The topological polar surface area (TPSA) is 94.6 Å². The average Bonchev–Trinajstić information content (AvgIpc) is 2.83. The molecule has 1 atom stereocenters. The van der Waals surface area contributed by atoms with Crippen LogP contribution in [0.5, 0.6) is 17.2 Å². The van der Waals surface area contributed by atoms with Gasteiger partial charge in [-0.05, 0) is 54.3 Å². The number of halogens is 1. The highest BCUT2D eigenvalue weighted by Gasteiger charge is 2.31. The summed E-state index contributed by atoms with van der Waals surface area (Å²) in [7, 11) is 0. The number of fused-ring (bicyclic) bond motifs is 1. The van der Waals surface area contributed by atoms with Crippen molar-refractivity contribution in [2.75, 3.05) is 12.9 Å². The van der Waals surface area contributed by atoms with Crippen molar-refractivity contribution in [1.82, 2.24) is 0 Å².